The first kappa shape index (κ1) is 12.6. The molecule has 0 aromatic heterocycles. The maximum Gasteiger partial charge on any atom is 0.0471 e. The van der Waals surface area contributed by atoms with Crippen LogP contribution in [0.1, 0.15) is 49.1 Å². The van der Waals surface area contributed by atoms with Gasteiger partial charge in [-0.2, -0.15) is 0 Å². The largest absolute Gasteiger partial charge is 0.381 e. The Morgan fingerprint density at radius 1 is 1.29 bits per heavy atom. The van der Waals surface area contributed by atoms with Gasteiger partial charge in [0, 0.05) is 13.2 Å². The van der Waals surface area contributed by atoms with Crippen molar-refractivity contribution in [1.82, 2.24) is 0 Å². The molecule has 1 atom stereocenters. The van der Waals surface area contributed by atoms with E-state index in [1.807, 2.05) is 0 Å². The summed E-state index contributed by atoms with van der Waals surface area (Å²) in [5.74, 6) is 1.25. The van der Waals surface area contributed by atoms with E-state index in [1.165, 1.54) is 11.1 Å². The van der Waals surface area contributed by atoms with Crippen molar-refractivity contribution in [3.63, 3.8) is 0 Å². The van der Waals surface area contributed by atoms with Crippen LogP contribution in [0.4, 0.5) is 0 Å². The Morgan fingerprint density at radius 2 is 2.00 bits per heavy atom. The molecule has 0 saturated carbocycles. The van der Waals surface area contributed by atoms with E-state index >= 15 is 0 Å². The third-order valence-corrected chi connectivity index (χ3v) is 3.79. The predicted molar refractivity (Wildman–Crippen MR) is 71.3 cm³/mol. The smallest absolute Gasteiger partial charge is 0.0471 e. The van der Waals surface area contributed by atoms with Crippen molar-refractivity contribution < 1.29 is 4.74 Å². The molecule has 2 N–H and O–H groups in total. The molecule has 1 aromatic rings. The maximum atomic E-state index is 5.68. The van der Waals surface area contributed by atoms with Crippen LogP contribution in [-0.4, -0.2) is 19.8 Å². The third kappa shape index (κ3) is 3.08. The van der Waals surface area contributed by atoms with Gasteiger partial charge in [0.2, 0.25) is 0 Å². The van der Waals surface area contributed by atoms with E-state index in [4.69, 9.17) is 10.5 Å². The minimum Gasteiger partial charge on any atom is -0.381 e. The summed E-state index contributed by atoms with van der Waals surface area (Å²) in [5, 5.41) is 0. The zero-order valence-corrected chi connectivity index (χ0v) is 10.7. The van der Waals surface area contributed by atoms with E-state index in [2.05, 4.69) is 31.2 Å². The first-order chi connectivity index (χ1) is 8.33. The van der Waals surface area contributed by atoms with Gasteiger partial charge in [-0.15, -0.1) is 0 Å². The highest BCUT2D eigenvalue weighted by atomic mass is 16.5. The molecule has 2 rings (SSSR count). The van der Waals surface area contributed by atoms with Crippen molar-refractivity contribution in [2.45, 2.75) is 38.0 Å². The zero-order chi connectivity index (χ0) is 12.1. The molecule has 2 nitrogen and oxygen atoms in total. The van der Waals surface area contributed by atoms with Crippen LogP contribution in [0.3, 0.4) is 0 Å². The molecule has 1 unspecified atom stereocenters. The predicted octanol–water partition coefficient (Wildman–Crippen LogP) is 3.03. The van der Waals surface area contributed by atoms with Crippen molar-refractivity contribution in [3.8, 4) is 0 Å². The first-order valence-electron chi connectivity index (χ1n) is 6.69. The molecule has 0 radical (unpaired) electrons. The van der Waals surface area contributed by atoms with E-state index in [0.29, 0.717) is 11.8 Å². The number of benzene rings is 1. The molecule has 17 heavy (non-hydrogen) atoms. The van der Waals surface area contributed by atoms with E-state index in [9.17, 15) is 0 Å². The zero-order valence-electron chi connectivity index (χ0n) is 10.7. The fourth-order valence-electron chi connectivity index (χ4n) is 2.75. The Hall–Kier alpha value is -0.860. The molecule has 1 aliphatic heterocycles. The Labute approximate surface area is 104 Å². The minimum atomic E-state index is 0.569. The SMILES string of the molecule is CC(CCN)c1ccccc1C1CCOCC1. The molecule has 94 valence electrons. The second-order valence-corrected chi connectivity index (χ2v) is 4.99. The Bertz CT molecular complexity index is 345. The molecular formula is C15H23NO. The summed E-state index contributed by atoms with van der Waals surface area (Å²) in [7, 11) is 0. The van der Waals surface area contributed by atoms with Gasteiger partial charge < -0.3 is 10.5 Å². The van der Waals surface area contributed by atoms with Crippen molar-refractivity contribution in [2.24, 2.45) is 5.73 Å². The van der Waals surface area contributed by atoms with E-state index < -0.39 is 0 Å². The lowest BCUT2D eigenvalue weighted by atomic mass is 9.83. The minimum absolute atomic E-state index is 0.569. The van der Waals surface area contributed by atoms with Gasteiger partial charge in [0.1, 0.15) is 0 Å². The van der Waals surface area contributed by atoms with Gasteiger partial charge in [-0.3, -0.25) is 0 Å². The molecule has 1 fully saturated rings. The van der Waals surface area contributed by atoms with Gasteiger partial charge in [0.05, 0.1) is 0 Å². The Balaban J connectivity index is 2.19. The van der Waals surface area contributed by atoms with Gasteiger partial charge in [-0.1, -0.05) is 31.2 Å². The molecule has 2 heteroatoms. The lowest BCUT2D eigenvalue weighted by Crippen LogP contribution is -2.16. The lowest BCUT2D eigenvalue weighted by molar-refractivity contribution is 0.0851. The highest BCUT2D eigenvalue weighted by molar-refractivity contribution is 5.33. The molecule has 1 saturated heterocycles. The number of rotatable bonds is 4. The monoisotopic (exact) mass is 233 g/mol. The maximum absolute atomic E-state index is 5.68. The van der Waals surface area contributed by atoms with Crippen molar-refractivity contribution in [3.05, 3.63) is 35.4 Å². The van der Waals surface area contributed by atoms with Crippen LogP contribution in [0.15, 0.2) is 24.3 Å². The summed E-state index contributed by atoms with van der Waals surface area (Å²) in [6.07, 6.45) is 3.39. The fourth-order valence-corrected chi connectivity index (χ4v) is 2.75. The van der Waals surface area contributed by atoms with Crippen molar-refractivity contribution >= 4 is 0 Å². The number of ether oxygens (including phenoxy) is 1. The van der Waals surface area contributed by atoms with Crippen LogP contribution >= 0.6 is 0 Å². The molecule has 0 spiro atoms. The number of hydrogen-bond acceptors (Lipinski definition) is 2. The average molecular weight is 233 g/mol. The van der Waals surface area contributed by atoms with Gasteiger partial charge >= 0.3 is 0 Å². The second-order valence-electron chi connectivity index (χ2n) is 4.99. The molecule has 0 amide bonds. The molecule has 1 aliphatic rings. The summed E-state index contributed by atoms with van der Waals surface area (Å²) in [5.41, 5.74) is 8.69. The molecule has 0 aliphatic carbocycles. The van der Waals surface area contributed by atoms with Crippen LogP contribution in [0.2, 0.25) is 0 Å². The van der Waals surface area contributed by atoms with Gasteiger partial charge in [-0.05, 0) is 48.8 Å². The lowest BCUT2D eigenvalue weighted by Gasteiger charge is -2.26. The molecular weight excluding hydrogens is 210 g/mol. The normalized spacial score (nSPS) is 19.2. The molecule has 1 aromatic carbocycles. The summed E-state index contributed by atoms with van der Waals surface area (Å²) in [6, 6.07) is 8.86. The van der Waals surface area contributed by atoms with Crippen LogP contribution < -0.4 is 5.73 Å². The molecule has 0 bridgehead atoms. The number of hydrogen-bond donors (Lipinski definition) is 1. The fraction of sp³-hybridized carbons (Fsp3) is 0.600. The van der Waals surface area contributed by atoms with Crippen molar-refractivity contribution in [1.29, 1.82) is 0 Å². The van der Waals surface area contributed by atoms with Crippen LogP contribution in [0.25, 0.3) is 0 Å². The molecule has 1 heterocycles. The Kier molecular flexibility index (Phi) is 4.57. The highest BCUT2D eigenvalue weighted by Crippen LogP contribution is 2.33. The van der Waals surface area contributed by atoms with Gasteiger partial charge in [0.15, 0.2) is 0 Å². The second kappa shape index (κ2) is 6.18. The van der Waals surface area contributed by atoms with Crippen LogP contribution in [0, 0.1) is 0 Å². The third-order valence-electron chi connectivity index (χ3n) is 3.79. The number of nitrogens with two attached hydrogens (primary N) is 1. The van der Waals surface area contributed by atoms with Crippen LogP contribution in [0.5, 0.6) is 0 Å². The standard InChI is InChI=1S/C15H23NO/c1-12(6-9-16)14-4-2-3-5-15(14)13-7-10-17-11-8-13/h2-5,12-13H,6-11,16H2,1H3. The summed E-state index contributed by atoms with van der Waals surface area (Å²) in [4.78, 5) is 0. The topological polar surface area (TPSA) is 35.2 Å². The van der Waals surface area contributed by atoms with Gasteiger partial charge in [0.25, 0.3) is 0 Å². The quantitative estimate of drug-likeness (QED) is 0.867. The Morgan fingerprint density at radius 3 is 2.71 bits per heavy atom. The van der Waals surface area contributed by atoms with Crippen molar-refractivity contribution in [2.75, 3.05) is 19.8 Å². The first-order valence-corrected chi connectivity index (χ1v) is 6.69. The summed E-state index contributed by atoms with van der Waals surface area (Å²) in [6.45, 7) is 4.86. The highest BCUT2D eigenvalue weighted by Gasteiger charge is 2.20. The summed E-state index contributed by atoms with van der Waals surface area (Å²) >= 11 is 0. The average Bonchev–Trinajstić information content (AvgIpc) is 2.40. The van der Waals surface area contributed by atoms with Gasteiger partial charge in [-0.25, -0.2) is 0 Å². The van der Waals surface area contributed by atoms with E-state index in [-0.39, 0.29) is 0 Å². The summed E-state index contributed by atoms with van der Waals surface area (Å²) < 4.78 is 5.45. The van der Waals surface area contributed by atoms with Crippen LogP contribution in [-0.2, 0) is 4.74 Å². The van der Waals surface area contributed by atoms with E-state index in [1.54, 1.807) is 0 Å². The van der Waals surface area contributed by atoms with E-state index in [0.717, 1.165) is 39.0 Å².